The first-order chi connectivity index (χ1) is 12.3. The van der Waals surface area contributed by atoms with Crippen LogP contribution in [0, 0.1) is 17.2 Å². The largest absolute Gasteiger partial charge is 0.376 e. The van der Waals surface area contributed by atoms with Crippen molar-refractivity contribution in [2.45, 2.75) is 38.0 Å². The molecule has 6 nitrogen and oxygen atoms in total. The van der Waals surface area contributed by atoms with Gasteiger partial charge >= 0.3 is 0 Å². The molecule has 0 radical (unpaired) electrons. The zero-order valence-corrected chi connectivity index (χ0v) is 14.3. The van der Waals surface area contributed by atoms with Gasteiger partial charge in [0.15, 0.2) is 0 Å². The van der Waals surface area contributed by atoms with Gasteiger partial charge in [-0.3, -0.25) is 14.5 Å². The van der Waals surface area contributed by atoms with Crippen molar-refractivity contribution in [2.24, 2.45) is 5.92 Å². The third-order valence-corrected chi connectivity index (χ3v) is 5.41. The number of amides is 1. The van der Waals surface area contributed by atoms with Crippen molar-refractivity contribution in [1.29, 1.82) is 5.26 Å². The number of fused-ring (bicyclic) bond motifs is 1. The zero-order valence-electron chi connectivity index (χ0n) is 14.3. The maximum Gasteiger partial charge on any atom is 0.253 e. The molecule has 3 aliphatic heterocycles. The molecule has 0 saturated carbocycles. The van der Waals surface area contributed by atoms with Crippen LogP contribution in [0.25, 0.3) is 0 Å². The number of ether oxygens (including phenoxy) is 1. The minimum Gasteiger partial charge on any atom is -0.376 e. The van der Waals surface area contributed by atoms with E-state index in [0.717, 1.165) is 31.4 Å². The van der Waals surface area contributed by atoms with E-state index in [1.54, 1.807) is 5.06 Å². The summed E-state index contributed by atoms with van der Waals surface area (Å²) in [5.74, 6) is -0.102. The van der Waals surface area contributed by atoms with E-state index in [0.29, 0.717) is 31.9 Å². The Morgan fingerprint density at radius 3 is 3.04 bits per heavy atom. The number of hydrogen-bond donors (Lipinski definition) is 0. The number of hydrogen-bond acceptors (Lipinski definition) is 5. The fraction of sp³-hybridized carbons (Fsp3) is 0.579. The van der Waals surface area contributed by atoms with Crippen molar-refractivity contribution in [3.63, 3.8) is 0 Å². The molecule has 0 N–H and O–H groups in total. The SMILES string of the molecule is N#Cc1cccc(CN2C[C@H](C(=O)N3CCCCO3)[C@H]3OCC[C@H]32)c1. The second-order valence-corrected chi connectivity index (χ2v) is 7.02. The molecule has 25 heavy (non-hydrogen) atoms. The van der Waals surface area contributed by atoms with Crippen LogP contribution in [-0.4, -0.2) is 54.3 Å². The van der Waals surface area contributed by atoms with Crippen LogP contribution in [0.3, 0.4) is 0 Å². The Labute approximate surface area is 147 Å². The van der Waals surface area contributed by atoms with E-state index in [-0.39, 0.29) is 24.0 Å². The molecule has 3 saturated heterocycles. The normalized spacial score (nSPS) is 29.4. The number of benzene rings is 1. The lowest BCUT2D eigenvalue weighted by molar-refractivity contribution is -0.203. The van der Waals surface area contributed by atoms with Crippen LogP contribution in [0.15, 0.2) is 24.3 Å². The molecule has 6 heteroatoms. The molecule has 3 fully saturated rings. The van der Waals surface area contributed by atoms with E-state index in [2.05, 4.69) is 11.0 Å². The number of likely N-dealkylation sites (tertiary alicyclic amines) is 1. The third-order valence-electron chi connectivity index (χ3n) is 5.41. The lowest BCUT2D eigenvalue weighted by Crippen LogP contribution is -2.43. The van der Waals surface area contributed by atoms with Crippen LogP contribution in [0.2, 0.25) is 0 Å². The van der Waals surface area contributed by atoms with Crippen LogP contribution in [0.4, 0.5) is 0 Å². The predicted octanol–water partition coefficient (Wildman–Crippen LogP) is 1.70. The van der Waals surface area contributed by atoms with Gasteiger partial charge in [-0.1, -0.05) is 12.1 Å². The zero-order chi connectivity index (χ0) is 17.2. The molecule has 0 aliphatic carbocycles. The Morgan fingerprint density at radius 1 is 1.32 bits per heavy atom. The molecule has 132 valence electrons. The molecular weight excluding hydrogens is 318 g/mol. The summed E-state index contributed by atoms with van der Waals surface area (Å²) >= 11 is 0. The van der Waals surface area contributed by atoms with Gasteiger partial charge < -0.3 is 4.74 Å². The van der Waals surface area contributed by atoms with Crippen molar-refractivity contribution in [3.05, 3.63) is 35.4 Å². The number of carbonyl (C=O) groups excluding carboxylic acids is 1. The van der Waals surface area contributed by atoms with Gasteiger partial charge in [-0.25, -0.2) is 5.06 Å². The van der Waals surface area contributed by atoms with E-state index in [1.165, 1.54) is 0 Å². The number of nitriles is 1. The summed E-state index contributed by atoms with van der Waals surface area (Å²) in [5, 5.41) is 10.6. The molecule has 3 aliphatic rings. The summed E-state index contributed by atoms with van der Waals surface area (Å²) in [6.07, 6.45) is 2.92. The highest BCUT2D eigenvalue weighted by Crippen LogP contribution is 2.35. The predicted molar refractivity (Wildman–Crippen MR) is 90.1 cm³/mol. The maximum atomic E-state index is 12.9. The molecule has 3 atom stereocenters. The van der Waals surface area contributed by atoms with Gasteiger partial charge in [-0.15, -0.1) is 0 Å². The summed E-state index contributed by atoms with van der Waals surface area (Å²) in [4.78, 5) is 20.8. The van der Waals surface area contributed by atoms with E-state index in [9.17, 15) is 4.79 Å². The van der Waals surface area contributed by atoms with Crippen LogP contribution in [0.5, 0.6) is 0 Å². The lowest BCUT2D eigenvalue weighted by Gasteiger charge is -2.29. The highest BCUT2D eigenvalue weighted by atomic mass is 16.7. The fourth-order valence-electron chi connectivity index (χ4n) is 4.20. The van der Waals surface area contributed by atoms with Crippen molar-refractivity contribution in [3.8, 4) is 6.07 Å². The molecule has 1 amide bonds. The van der Waals surface area contributed by atoms with Gasteiger partial charge in [-0.05, 0) is 37.0 Å². The molecular formula is C19H23N3O3. The van der Waals surface area contributed by atoms with E-state index < -0.39 is 0 Å². The standard InChI is InChI=1S/C19H23N3O3/c20-11-14-4-3-5-15(10-14)12-21-13-16(18-17(21)6-9-24-18)19(23)22-7-1-2-8-25-22/h3-5,10,16-18H,1-2,6-9,12-13H2/t16-,17+,18+/m0/s1. The highest BCUT2D eigenvalue weighted by Gasteiger charge is 2.49. The summed E-state index contributed by atoms with van der Waals surface area (Å²) < 4.78 is 5.92. The van der Waals surface area contributed by atoms with Gasteiger partial charge in [0.25, 0.3) is 5.91 Å². The first-order valence-electron chi connectivity index (χ1n) is 9.05. The summed E-state index contributed by atoms with van der Waals surface area (Å²) in [5.41, 5.74) is 1.78. The monoisotopic (exact) mass is 341 g/mol. The Balaban J connectivity index is 1.48. The van der Waals surface area contributed by atoms with Crippen molar-refractivity contribution >= 4 is 5.91 Å². The molecule has 0 bridgehead atoms. The number of nitrogens with zero attached hydrogens (tertiary/aromatic N) is 3. The molecule has 3 heterocycles. The topological polar surface area (TPSA) is 65.8 Å². The van der Waals surface area contributed by atoms with Gasteiger partial charge in [-0.2, -0.15) is 5.26 Å². The van der Waals surface area contributed by atoms with Crippen LogP contribution < -0.4 is 0 Å². The Bertz CT molecular complexity index is 681. The Hall–Kier alpha value is -1.94. The molecule has 4 rings (SSSR count). The number of hydroxylamine groups is 2. The van der Waals surface area contributed by atoms with Crippen molar-refractivity contribution in [1.82, 2.24) is 9.96 Å². The first-order valence-corrected chi connectivity index (χ1v) is 9.05. The molecule has 0 aromatic heterocycles. The highest BCUT2D eigenvalue weighted by molar-refractivity contribution is 5.79. The Kier molecular flexibility index (Phi) is 4.71. The van der Waals surface area contributed by atoms with Gasteiger partial charge in [0.2, 0.25) is 0 Å². The van der Waals surface area contributed by atoms with E-state index in [1.807, 2.05) is 24.3 Å². The fourth-order valence-corrected chi connectivity index (χ4v) is 4.20. The Morgan fingerprint density at radius 2 is 2.24 bits per heavy atom. The van der Waals surface area contributed by atoms with Crippen molar-refractivity contribution < 1.29 is 14.4 Å². The third kappa shape index (κ3) is 3.28. The number of rotatable bonds is 3. The molecule has 0 spiro atoms. The van der Waals surface area contributed by atoms with E-state index in [4.69, 9.17) is 14.8 Å². The second kappa shape index (κ2) is 7.12. The second-order valence-electron chi connectivity index (χ2n) is 7.02. The van der Waals surface area contributed by atoms with Gasteiger partial charge in [0.05, 0.1) is 30.3 Å². The minimum atomic E-state index is -0.162. The van der Waals surface area contributed by atoms with E-state index >= 15 is 0 Å². The average molecular weight is 341 g/mol. The first kappa shape index (κ1) is 16.5. The molecule has 0 unspecified atom stereocenters. The van der Waals surface area contributed by atoms with Crippen molar-refractivity contribution in [2.75, 3.05) is 26.3 Å². The minimum absolute atomic E-state index is 0.0443. The smallest absolute Gasteiger partial charge is 0.253 e. The summed E-state index contributed by atoms with van der Waals surface area (Å²) in [6, 6.07) is 10.1. The maximum absolute atomic E-state index is 12.9. The summed E-state index contributed by atoms with van der Waals surface area (Å²) in [6.45, 7) is 3.43. The number of carbonyl (C=O) groups is 1. The molecule has 1 aromatic carbocycles. The van der Waals surface area contributed by atoms with Gasteiger partial charge in [0, 0.05) is 32.3 Å². The average Bonchev–Trinajstić information content (AvgIpc) is 3.26. The lowest BCUT2D eigenvalue weighted by atomic mass is 10.0. The quantitative estimate of drug-likeness (QED) is 0.837. The van der Waals surface area contributed by atoms with Gasteiger partial charge in [0.1, 0.15) is 0 Å². The summed E-state index contributed by atoms with van der Waals surface area (Å²) in [7, 11) is 0. The van der Waals surface area contributed by atoms with Crippen LogP contribution in [-0.2, 0) is 20.9 Å². The molecule has 1 aromatic rings. The van der Waals surface area contributed by atoms with Crippen LogP contribution in [0.1, 0.15) is 30.4 Å². The van der Waals surface area contributed by atoms with Crippen LogP contribution >= 0.6 is 0 Å².